The number of aromatic nitrogens is 1. The van der Waals surface area contributed by atoms with Crippen LogP contribution >= 0.6 is 22.9 Å². The predicted molar refractivity (Wildman–Crippen MR) is 77.5 cm³/mol. The molecule has 1 aromatic carbocycles. The molecule has 1 unspecified atom stereocenters. The SMILES string of the molecule is Cc1ncsc1CNC1COCc2cccc(Cl)c21. The van der Waals surface area contributed by atoms with Crippen LogP contribution in [0.3, 0.4) is 0 Å². The molecule has 0 saturated carbocycles. The minimum Gasteiger partial charge on any atom is -0.375 e. The van der Waals surface area contributed by atoms with Crippen LogP contribution in [-0.4, -0.2) is 11.6 Å². The lowest BCUT2D eigenvalue weighted by Gasteiger charge is -2.27. The number of halogens is 1. The monoisotopic (exact) mass is 294 g/mol. The number of benzene rings is 1. The van der Waals surface area contributed by atoms with Crippen molar-refractivity contribution in [3.8, 4) is 0 Å². The molecule has 0 radical (unpaired) electrons. The summed E-state index contributed by atoms with van der Waals surface area (Å²) < 4.78 is 5.63. The first kappa shape index (κ1) is 13.1. The van der Waals surface area contributed by atoms with E-state index in [2.05, 4.69) is 16.4 Å². The van der Waals surface area contributed by atoms with Crippen molar-refractivity contribution < 1.29 is 4.74 Å². The van der Waals surface area contributed by atoms with E-state index in [1.165, 1.54) is 16.0 Å². The van der Waals surface area contributed by atoms with Crippen LogP contribution in [0.4, 0.5) is 0 Å². The molecule has 1 aliphatic heterocycles. The fourth-order valence-corrected chi connectivity index (χ4v) is 3.39. The summed E-state index contributed by atoms with van der Waals surface area (Å²) in [5.74, 6) is 0. The van der Waals surface area contributed by atoms with Crippen molar-refractivity contribution in [1.82, 2.24) is 10.3 Å². The molecule has 3 nitrogen and oxygen atoms in total. The average Bonchev–Trinajstić information content (AvgIpc) is 2.82. The van der Waals surface area contributed by atoms with Crippen LogP contribution in [-0.2, 0) is 17.9 Å². The van der Waals surface area contributed by atoms with Gasteiger partial charge in [0.05, 0.1) is 30.5 Å². The molecule has 1 aliphatic rings. The van der Waals surface area contributed by atoms with Gasteiger partial charge in [-0.15, -0.1) is 11.3 Å². The summed E-state index contributed by atoms with van der Waals surface area (Å²) in [6.07, 6.45) is 0. The summed E-state index contributed by atoms with van der Waals surface area (Å²) in [7, 11) is 0. The molecule has 1 aromatic heterocycles. The molecular weight excluding hydrogens is 280 g/mol. The topological polar surface area (TPSA) is 34.2 Å². The molecule has 1 N–H and O–H groups in total. The van der Waals surface area contributed by atoms with Gasteiger partial charge in [-0.2, -0.15) is 0 Å². The summed E-state index contributed by atoms with van der Waals surface area (Å²) in [5, 5.41) is 4.34. The molecule has 2 heterocycles. The van der Waals surface area contributed by atoms with Gasteiger partial charge in [-0.25, -0.2) is 4.98 Å². The molecule has 0 aliphatic carbocycles. The number of aryl methyl sites for hydroxylation is 1. The Balaban J connectivity index is 1.79. The highest BCUT2D eigenvalue weighted by atomic mass is 35.5. The van der Waals surface area contributed by atoms with Crippen molar-refractivity contribution >= 4 is 22.9 Å². The van der Waals surface area contributed by atoms with Gasteiger partial charge in [-0.1, -0.05) is 23.7 Å². The van der Waals surface area contributed by atoms with Gasteiger partial charge < -0.3 is 10.1 Å². The molecule has 1 atom stereocenters. The van der Waals surface area contributed by atoms with Crippen molar-refractivity contribution in [2.75, 3.05) is 6.61 Å². The van der Waals surface area contributed by atoms with E-state index in [0.29, 0.717) is 13.2 Å². The van der Waals surface area contributed by atoms with Gasteiger partial charge in [-0.3, -0.25) is 0 Å². The van der Waals surface area contributed by atoms with Crippen LogP contribution < -0.4 is 5.32 Å². The number of thiazole rings is 1. The molecule has 2 aromatic rings. The molecule has 0 spiro atoms. The number of rotatable bonds is 3. The number of nitrogens with one attached hydrogen (secondary N) is 1. The lowest BCUT2D eigenvalue weighted by atomic mass is 9.99. The highest BCUT2D eigenvalue weighted by Gasteiger charge is 2.23. The van der Waals surface area contributed by atoms with E-state index in [1.807, 2.05) is 24.6 Å². The Hall–Kier alpha value is -0.940. The van der Waals surface area contributed by atoms with E-state index < -0.39 is 0 Å². The normalized spacial score (nSPS) is 18.3. The van der Waals surface area contributed by atoms with Crippen LogP contribution in [0.2, 0.25) is 5.02 Å². The standard InChI is InChI=1S/C14H15ClN2OS/c1-9-13(19-8-17-9)5-16-12-7-18-6-10-3-2-4-11(15)14(10)12/h2-4,8,12,16H,5-7H2,1H3. The Kier molecular flexibility index (Phi) is 3.84. The summed E-state index contributed by atoms with van der Waals surface area (Å²) >= 11 is 8.00. The van der Waals surface area contributed by atoms with Gasteiger partial charge in [-0.05, 0) is 24.1 Å². The van der Waals surface area contributed by atoms with Crippen molar-refractivity contribution in [3.63, 3.8) is 0 Å². The molecule has 5 heteroatoms. The fourth-order valence-electron chi connectivity index (χ4n) is 2.34. The maximum atomic E-state index is 6.32. The highest BCUT2D eigenvalue weighted by molar-refractivity contribution is 7.09. The molecular formula is C14H15ClN2OS. The Morgan fingerprint density at radius 3 is 3.21 bits per heavy atom. The molecule has 100 valence electrons. The number of hydrogen-bond acceptors (Lipinski definition) is 4. The van der Waals surface area contributed by atoms with Gasteiger partial charge in [0.2, 0.25) is 0 Å². The zero-order valence-corrected chi connectivity index (χ0v) is 12.2. The first-order valence-electron chi connectivity index (χ1n) is 6.23. The van der Waals surface area contributed by atoms with Crippen molar-refractivity contribution in [1.29, 1.82) is 0 Å². The number of fused-ring (bicyclic) bond motifs is 1. The van der Waals surface area contributed by atoms with Crippen LogP contribution in [0.25, 0.3) is 0 Å². The average molecular weight is 295 g/mol. The van der Waals surface area contributed by atoms with Gasteiger partial charge in [0.1, 0.15) is 0 Å². The zero-order chi connectivity index (χ0) is 13.2. The van der Waals surface area contributed by atoms with Crippen LogP contribution in [0.1, 0.15) is 27.7 Å². The predicted octanol–water partition coefficient (Wildman–Crippen LogP) is 3.47. The first-order chi connectivity index (χ1) is 9.25. The number of ether oxygens (including phenoxy) is 1. The van der Waals surface area contributed by atoms with Gasteiger partial charge in [0.15, 0.2) is 0 Å². The minimum absolute atomic E-state index is 0.152. The molecule has 19 heavy (non-hydrogen) atoms. The number of nitrogens with zero attached hydrogens (tertiary/aromatic N) is 1. The zero-order valence-electron chi connectivity index (χ0n) is 10.6. The van der Waals surface area contributed by atoms with Crippen LogP contribution in [0.5, 0.6) is 0 Å². The summed E-state index contributed by atoms with van der Waals surface area (Å²) in [4.78, 5) is 5.53. The lowest BCUT2D eigenvalue weighted by Crippen LogP contribution is -2.29. The third kappa shape index (κ3) is 2.67. The molecule has 3 rings (SSSR count). The maximum absolute atomic E-state index is 6.32. The molecule has 0 fully saturated rings. The second kappa shape index (κ2) is 5.59. The molecule has 0 amide bonds. The van der Waals surface area contributed by atoms with Crippen molar-refractivity contribution in [3.05, 3.63) is 50.4 Å². The molecule has 0 bridgehead atoms. The third-order valence-electron chi connectivity index (χ3n) is 3.39. The van der Waals surface area contributed by atoms with Crippen LogP contribution in [0, 0.1) is 6.92 Å². The summed E-state index contributed by atoms with van der Waals surface area (Å²) in [6.45, 7) is 4.14. The van der Waals surface area contributed by atoms with Crippen molar-refractivity contribution in [2.24, 2.45) is 0 Å². The summed E-state index contributed by atoms with van der Waals surface area (Å²) in [5.41, 5.74) is 5.33. The van der Waals surface area contributed by atoms with Crippen molar-refractivity contribution in [2.45, 2.75) is 26.1 Å². The van der Waals surface area contributed by atoms with E-state index in [1.54, 1.807) is 11.3 Å². The largest absolute Gasteiger partial charge is 0.375 e. The first-order valence-corrected chi connectivity index (χ1v) is 7.49. The quantitative estimate of drug-likeness (QED) is 0.941. The Morgan fingerprint density at radius 1 is 1.53 bits per heavy atom. The Labute approximate surface area is 121 Å². The summed E-state index contributed by atoms with van der Waals surface area (Å²) in [6, 6.07) is 6.14. The maximum Gasteiger partial charge on any atom is 0.0798 e. The Morgan fingerprint density at radius 2 is 2.42 bits per heavy atom. The van der Waals surface area contributed by atoms with E-state index in [9.17, 15) is 0 Å². The second-order valence-corrected chi connectivity index (χ2v) is 5.97. The van der Waals surface area contributed by atoms with Gasteiger partial charge >= 0.3 is 0 Å². The van der Waals surface area contributed by atoms with E-state index >= 15 is 0 Å². The van der Waals surface area contributed by atoms with E-state index in [-0.39, 0.29) is 6.04 Å². The smallest absolute Gasteiger partial charge is 0.0798 e. The Bertz CT molecular complexity index is 585. The lowest BCUT2D eigenvalue weighted by molar-refractivity contribution is 0.0818. The van der Waals surface area contributed by atoms with Crippen LogP contribution in [0.15, 0.2) is 23.7 Å². The second-order valence-electron chi connectivity index (χ2n) is 4.62. The van der Waals surface area contributed by atoms with Gasteiger partial charge in [0.25, 0.3) is 0 Å². The number of hydrogen-bond donors (Lipinski definition) is 1. The van der Waals surface area contributed by atoms with Gasteiger partial charge in [0, 0.05) is 16.4 Å². The highest BCUT2D eigenvalue weighted by Crippen LogP contribution is 2.31. The fraction of sp³-hybridized carbons (Fsp3) is 0.357. The molecule has 0 saturated heterocycles. The van der Waals surface area contributed by atoms with E-state index in [0.717, 1.165) is 17.3 Å². The van der Waals surface area contributed by atoms with E-state index in [4.69, 9.17) is 16.3 Å². The minimum atomic E-state index is 0.152. The third-order valence-corrected chi connectivity index (χ3v) is 4.65.